The Morgan fingerprint density at radius 1 is 1.07 bits per heavy atom. The van der Waals surface area contributed by atoms with Crippen LogP contribution in [0.1, 0.15) is 0 Å². The van der Waals surface area contributed by atoms with E-state index >= 15 is 0 Å². The summed E-state index contributed by atoms with van der Waals surface area (Å²) in [6.07, 6.45) is 0. The van der Waals surface area contributed by atoms with Crippen LogP contribution in [-0.2, 0) is 0 Å². The maximum Gasteiger partial charge on any atom is 0.292 e. The zero-order valence-corrected chi connectivity index (χ0v) is 7.63. The summed E-state index contributed by atoms with van der Waals surface area (Å²) in [5, 5.41) is 12.3. The number of para-hydroxylation sites is 1. The third kappa shape index (κ3) is 1.08. The van der Waals surface area contributed by atoms with Crippen LogP contribution in [0.15, 0.2) is 33.6 Å². The van der Waals surface area contributed by atoms with Gasteiger partial charge >= 0.3 is 0 Å². The Kier molecular flexibility index (Phi) is 1.49. The Hall–Kier alpha value is -2.37. The third-order valence-corrected chi connectivity index (χ3v) is 2.26. The van der Waals surface area contributed by atoms with Gasteiger partial charge in [0.25, 0.3) is 5.56 Å². The van der Waals surface area contributed by atoms with Crippen molar-refractivity contribution in [2.75, 3.05) is 0 Å². The van der Waals surface area contributed by atoms with Crippen LogP contribution in [0.4, 0.5) is 0 Å². The minimum atomic E-state index is -0.266. The van der Waals surface area contributed by atoms with E-state index in [1.807, 2.05) is 24.3 Å². The smallest absolute Gasteiger partial charge is 0.292 e. The lowest BCUT2D eigenvalue weighted by Crippen LogP contribution is -2.13. The van der Waals surface area contributed by atoms with Crippen LogP contribution >= 0.6 is 0 Å². The monoisotopic (exact) mass is 204 g/mol. The van der Waals surface area contributed by atoms with Gasteiger partial charge < -0.3 is 4.52 Å². The van der Waals surface area contributed by atoms with Gasteiger partial charge in [-0.15, -0.1) is 0 Å². The number of fused-ring (bicyclic) bond motifs is 2. The molecule has 15 heavy (non-hydrogen) atoms. The lowest BCUT2D eigenvalue weighted by molar-refractivity contribution is 0.429. The van der Waals surface area contributed by atoms with Gasteiger partial charge in [-0.3, -0.25) is 15.0 Å². The first-order valence-corrected chi connectivity index (χ1v) is 4.44. The second-order valence-corrected chi connectivity index (χ2v) is 3.15. The minimum absolute atomic E-state index is 0.266. The fourth-order valence-corrected chi connectivity index (χ4v) is 1.56. The van der Waals surface area contributed by atoms with E-state index in [1.54, 1.807) is 0 Å². The van der Waals surface area contributed by atoms with E-state index in [4.69, 9.17) is 4.52 Å². The van der Waals surface area contributed by atoms with E-state index in [9.17, 15) is 4.79 Å². The standard InChI is InChI=1S/C9H8N4O2/c14-9-8-7(10-13-11-9)5-3-1-2-4-6(5)15-12-8/h1-4,10,12-13H,(H,11,14). The van der Waals surface area contributed by atoms with Crippen molar-refractivity contribution in [2.45, 2.75) is 0 Å². The van der Waals surface area contributed by atoms with E-state index < -0.39 is 0 Å². The summed E-state index contributed by atoms with van der Waals surface area (Å²) < 4.78 is 5.23. The molecule has 1 aromatic rings. The highest BCUT2D eigenvalue weighted by atomic mass is 16.5. The van der Waals surface area contributed by atoms with Crippen molar-refractivity contribution in [3.8, 4) is 0 Å². The molecule has 0 spiro atoms. The molecule has 3 rings (SSSR count). The number of hydrogen-bond donors (Lipinski definition) is 4. The summed E-state index contributed by atoms with van der Waals surface area (Å²) in [6, 6.07) is 7.44. The topological polar surface area (TPSA) is 93.4 Å². The van der Waals surface area contributed by atoms with Crippen molar-refractivity contribution < 1.29 is 4.52 Å². The van der Waals surface area contributed by atoms with Gasteiger partial charge in [-0.05, 0) is 12.1 Å². The van der Waals surface area contributed by atoms with E-state index in [2.05, 4.69) is 20.6 Å². The molecule has 0 amide bonds. The zero-order valence-electron chi connectivity index (χ0n) is 7.63. The largest absolute Gasteiger partial charge is 0.381 e. The van der Waals surface area contributed by atoms with Gasteiger partial charge in [0.1, 0.15) is 0 Å². The Morgan fingerprint density at radius 2 is 1.93 bits per heavy atom. The van der Waals surface area contributed by atoms with Crippen LogP contribution in [0.25, 0.3) is 11.0 Å². The molecule has 2 aliphatic heterocycles. The molecule has 6 heteroatoms. The first-order valence-electron chi connectivity index (χ1n) is 4.44. The molecular weight excluding hydrogens is 196 g/mol. The van der Waals surface area contributed by atoms with Crippen molar-refractivity contribution in [1.29, 1.82) is 0 Å². The minimum Gasteiger partial charge on any atom is -0.381 e. The van der Waals surface area contributed by atoms with Gasteiger partial charge in [0, 0.05) is 5.39 Å². The number of rotatable bonds is 0. The summed E-state index contributed by atoms with van der Waals surface area (Å²) in [5.74, 6) is 0. The van der Waals surface area contributed by atoms with E-state index in [0.717, 1.165) is 5.39 Å². The highest BCUT2D eigenvalue weighted by molar-refractivity contribution is 5.75. The van der Waals surface area contributed by atoms with Gasteiger partial charge in [0.15, 0.2) is 10.9 Å². The van der Waals surface area contributed by atoms with Gasteiger partial charge in [0.05, 0.1) is 5.35 Å². The Labute approximate surface area is 82.2 Å². The molecule has 1 aromatic carbocycles. The van der Waals surface area contributed by atoms with Crippen LogP contribution in [0.3, 0.4) is 0 Å². The highest BCUT2D eigenvalue weighted by Crippen LogP contribution is 2.11. The fourth-order valence-electron chi connectivity index (χ4n) is 1.56. The normalized spacial score (nSPS) is 10.9. The second-order valence-electron chi connectivity index (χ2n) is 3.15. The number of aromatic nitrogens is 4. The summed E-state index contributed by atoms with van der Waals surface area (Å²) in [5.41, 5.74) is 0.415. The van der Waals surface area contributed by atoms with E-state index in [1.165, 1.54) is 0 Å². The summed E-state index contributed by atoms with van der Waals surface area (Å²) >= 11 is 0. The van der Waals surface area contributed by atoms with Crippen LogP contribution in [0.2, 0.25) is 0 Å². The first-order chi connectivity index (χ1) is 7.36. The van der Waals surface area contributed by atoms with Crippen molar-refractivity contribution >= 4 is 11.0 Å². The molecule has 0 saturated carbocycles. The van der Waals surface area contributed by atoms with Gasteiger partial charge in [-0.25, -0.2) is 10.4 Å². The molecule has 0 aromatic heterocycles. The summed E-state index contributed by atoms with van der Waals surface area (Å²) in [6.45, 7) is 0. The molecule has 76 valence electrons. The lowest BCUT2D eigenvalue weighted by atomic mass is 10.2. The molecule has 0 fully saturated rings. The Bertz CT molecular complexity index is 752. The molecule has 0 atom stereocenters. The SMILES string of the molecule is O=c1[nH][nH][nH]c2c3ccccc3o[nH]c1=2. The molecule has 0 radical (unpaired) electrons. The molecule has 6 nitrogen and oxygen atoms in total. The highest BCUT2D eigenvalue weighted by Gasteiger charge is 2.00. The van der Waals surface area contributed by atoms with Gasteiger partial charge in [-0.2, -0.15) is 0 Å². The Morgan fingerprint density at radius 3 is 2.87 bits per heavy atom. The van der Waals surface area contributed by atoms with Crippen molar-refractivity contribution in [3.05, 3.63) is 45.3 Å². The number of benzene rings is 1. The second kappa shape index (κ2) is 2.81. The quantitative estimate of drug-likeness (QED) is 0.439. The van der Waals surface area contributed by atoms with Crippen LogP contribution in [0.5, 0.6) is 0 Å². The maximum absolute atomic E-state index is 11.4. The fraction of sp³-hybridized carbons (Fsp3) is 0. The predicted octanol–water partition coefficient (Wildman–Crippen LogP) is 0.955. The molecule has 2 heterocycles. The summed E-state index contributed by atoms with van der Waals surface area (Å²) in [7, 11) is 0. The first kappa shape index (κ1) is 7.98. The maximum atomic E-state index is 11.4. The van der Waals surface area contributed by atoms with Crippen molar-refractivity contribution in [3.63, 3.8) is 0 Å². The van der Waals surface area contributed by atoms with Crippen LogP contribution in [-0.4, -0.2) is 20.6 Å². The van der Waals surface area contributed by atoms with E-state index in [0.29, 0.717) is 16.3 Å². The lowest BCUT2D eigenvalue weighted by Gasteiger charge is -1.99. The number of nitrogens with one attached hydrogen (secondary N) is 4. The molecule has 0 saturated heterocycles. The average Bonchev–Trinajstić information content (AvgIpc) is 2.29. The van der Waals surface area contributed by atoms with Gasteiger partial charge in [0.2, 0.25) is 0 Å². The molecule has 0 unspecified atom stereocenters. The average molecular weight is 204 g/mol. The summed E-state index contributed by atoms with van der Waals surface area (Å²) in [4.78, 5) is 11.4. The predicted molar refractivity (Wildman–Crippen MR) is 52.8 cm³/mol. The molecule has 4 N–H and O–H groups in total. The number of H-pyrrole nitrogens is 4. The molecule has 0 bridgehead atoms. The van der Waals surface area contributed by atoms with E-state index in [-0.39, 0.29) is 5.56 Å². The zero-order chi connectivity index (χ0) is 10.3. The van der Waals surface area contributed by atoms with Crippen molar-refractivity contribution in [1.82, 2.24) is 20.6 Å². The molecular formula is C9H8N4O2. The van der Waals surface area contributed by atoms with Crippen LogP contribution in [0, 0.1) is 10.7 Å². The third-order valence-electron chi connectivity index (χ3n) is 2.26. The van der Waals surface area contributed by atoms with Gasteiger partial charge in [-0.1, -0.05) is 12.1 Å². The number of aromatic amines is 4. The van der Waals surface area contributed by atoms with Crippen LogP contribution < -0.4 is 5.56 Å². The van der Waals surface area contributed by atoms with Crippen molar-refractivity contribution in [2.24, 2.45) is 0 Å². The molecule has 2 aliphatic rings. The molecule has 0 aliphatic carbocycles. The number of hydrogen-bond acceptors (Lipinski definition) is 2. The Balaban J connectivity index is 2.76.